The Morgan fingerprint density at radius 1 is 1.14 bits per heavy atom. The van der Waals surface area contributed by atoms with Crippen molar-refractivity contribution in [1.29, 1.82) is 0 Å². The monoisotopic (exact) mass is 401 g/mol. The molecule has 0 aliphatic heterocycles. The maximum Gasteiger partial charge on any atom is 0.343 e. The number of nitrogens with one attached hydrogen (secondary N) is 1. The fraction of sp³-hybridized carbons (Fsp3) is 0.150. The van der Waals surface area contributed by atoms with Crippen LogP contribution in [0.1, 0.15) is 21.6 Å². The number of aryl methyl sites for hydroxylation is 1. The number of rotatable bonds is 6. The fourth-order valence-electron chi connectivity index (χ4n) is 2.56. The molecule has 0 atom stereocenters. The lowest BCUT2D eigenvalue weighted by Gasteiger charge is -2.07. The Hall–Kier alpha value is -3.19. The summed E-state index contributed by atoms with van der Waals surface area (Å²) in [6.45, 7) is 1.11. The Balaban J connectivity index is 1.61. The zero-order chi connectivity index (χ0) is 20.1. The van der Waals surface area contributed by atoms with Crippen LogP contribution in [0.15, 0.2) is 54.6 Å². The lowest BCUT2D eigenvalue weighted by atomic mass is 10.2. The fourth-order valence-corrected chi connectivity index (χ4v) is 2.91. The molecule has 0 unspecified atom stereocenters. The molecule has 144 valence electrons. The van der Waals surface area contributed by atoms with Crippen LogP contribution in [0, 0.1) is 12.7 Å². The highest BCUT2D eigenvalue weighted by molar-refractivity contribution is 6.33. The molecule has 0 saturated heterocycles. The molecular formula is C20H17ClFN3O3. The third-order valence-electron chi connectivity index (χ3n) is 3.98. The summed E-state index contributed by atoms with van der Waals surface area (Å²) in [6.07, 6.45) is 0. The number of aromatic nitrogens is 2. The summed E-state index contributed by atoms with van der Waals surface area (Å²) in [7, 11) is 0. The van der Waals surface area contributed by atoms with E-state index in [4.69, 9.17) is 16.3 Å². The van der Waals surface area contributed by atoms with Gasteiger partial charge in [-0.15, -0.1) is 0 Å². The molecule has 0 aliphatic carbocycles. The van der Waals surface area contributed by atoms with E-state index in [2.05, 4.69) is 10.4 Å². The van der Waals surface area contributed by atoms with Gasteiger partial charge in [-0.25, -0.2) is 13.9 Å². The van der Waals surface area contributed by atoms with Gasteiger partial charge in [0.15, 0.2) is 6.61 Å². The highest BCUT2D eigenvalue weighted by atomic mass is 35.5. The van der Waals surface area contributed by atoms with Crippen molar-refractivity contribution in [3.8, 4) is 5.69 Å². The van der Waals surface area contributed by atoms with Gasteiger partial charge in [-0.2, -0.15) is 5.10 Å². The lowest BCUT2D eigenvalue weighted by Crippen LogP contribution is -2.28. The molecule has 2 aromatic carbocycles. The van der Waals surface area contributed by atoms with Crippen LogP contribution in [0.5, 0.6) is 0 Å². The van der Waals surface area contributed by atoms with Gasteiger partial charge in [0.25, 0.3) is 5.91 Å². The van der Waals surface area contributed by atoms with Crippen LogP contribution in [0.2, 0.25) is 5.15 Å². The topological polar surface area (TPSA) is 73.2 Å². The summed E-state index contributed by atoms with van der Waals surface area (Å²) in [5.41, 5.74) is 1.50. The second kappa shape index (κ2) is 8.67. The molecule has 0 radical (unpaired) electrons. The van der Waals surface area contributed by atoms with Crippen LogP contribution in [-0.4, -0.2) is 28.3 Å². The van der Waals surface area contributed by atoms with E-state index >= 15 is 0 Å². The van der Waals surface area contributed by atoms with E-state index in [1.807, 2.05) is 18.2 Å². The minimum absolute atomic E-state index is 0.00518. The third kappa shape index (κ3) is 4.37. The Kier molecular flexibility index (Phi) is 6.06. The zero-order valence-corrected chi connectivity index (χ0v) is 15.7. The van der Waals surface area contributed by atoms with Crippen molar-refractivity contribution in [1.82, 2.24) is 15.1 Å². The van der Waals surface area contributed by atoms with Crippen molar-refractivity contribution < 1.29 is 18.7 Å². The van der Waals surface area contributed by atoms with Gasteiger partial charge in [0.05, 0.1) is 11.4 Å². The minimum Gasteiger partial charge on any atom is -0.452 e. The molecule has 3 aromatic rings. The average Bonchev–Trinajstić information content (AvgIpc) is 3.00. The van der Waals surface area contributed by atoms with Gasteiger partial charge in [0, 0.05) is 12.1 Å². The molecule has 28 heavy (non-hydrogen) atoms. The summed E-state index contributed by atoms with van der Waals surface area (Å²) < 4.78 is 20.0. The van der Waals surface area contributed by atoms with Crippen molar-refractivity contribution in [3.05, 3.63) is 82.4 Å². The Morgan fingerprint density at radius 3 is 2.54 bits per heavy atom. The van der Waals surface area contributed by atoms with Gasteiger partial charge in [0.2, 0.25) is 0 Å². The standard InChI is InChI=1S/C20H17ClFN3O3/c1-13-18(19(21)25(24-13)15-8-3-2-4-9-15)20(27)28-12-17(26)23-11-14-7-5-6-10-16(14)22/h2-10H,11-12H2,1H3,(H,23,26). The molecule has 0 spiro atoms. The van der Waals surface area contributed by atoms with Crippen molar-refractivity contribution in [3.63, 3.8) is 0 Å². The molecular weight excluding hydrogens is 385 g/mol. The highest BCUT2D eigenvalue weighted by Crippen LogP contribution is 2.24. The first-order valence-corrected chi connectivity index (χ1v) is 8.83. The molecule has 0 saturated carbocycles. The molecule has 0 aliphatic rings. The normalized spacial score (nSPS) is 10.5. The second-order valence-corrected chi connectivity index (χ2v) is 6.30. The molecule has 6 nitrogen and oxygen atoms in total. The van der Waals surface area contributed by atoms with Gasteiger partial charge >= 0.3 is 5.97 Å². The summed E-state index contributed by atoms with van der Waals surface area (Å²) in [5, 5.41) is 6.85. The van der Waals surface area contributed by atoms with Crippen molar-refractivity contribution in [2.24, 2.45) is 0 Å². The van der Waals surface area contributed by atoms with E-state index in [9.17, 15) is 14.0 Å². The molecule has 1 N–H and O–H groups in total. The van der Waals surface area contributed by atoms with Gasteiger partial charge < -0.3 is 10.1 Å². The SMILES string of the molecule is Cc1nn(-c2ccccc2)c(Cl)c1C(=O)OCC(=O)NCc1ccccc1F. The Labute approximate surface area is 165 Å². The summed E-state index contributed by atoms with van der Waals surface area (Å²) in [6, 6.07) is 15.2. The Bertz CT molecular complexity index is 1010. The van der Waals surface area contributed by atoms with E-state index < -0.39 is 24.3 Å². The van der Waals surface area contributed by atoms with Gasteiger partial charge in [-0.3, -0.25) is 4.79 Å². The summed E-state index contributed by atoms with van der Waals surface area (Å²) in [5.74, 6) is -1.73. The summed E-state index contributed by atoms with van der Waals surface area (Å²) >= 11 is 6.29. The van der Waals surface area contributed by atoms with E-state index in [1.165, 1.54) is 10.7 Å². The predicted molar refractivity (Wildman–Crippen MR) is 102 cm³/mol. The number of para-hydroxylation sites is 1. The van der Waals surface area contributed by atoms with Gasteiger partial charge in [-0.1, -0.05) is 48.0 Å². The number of benzene rings is 2. The number of carbonyl (C=O) groups is 2. The molecule has 1 heterocycles. The van der Waals surface area contributed by atoms with E-state index in [1.54, 1.807) is 37.3 Å². The predicted octanol–water partition coefficient (Wildman–Crippen LogP) is 3.45. The van der Waals surface area contributed by atoms with E-state index in [0.29, 0.717) is 16.9 Å². The van der Waals surface area contributed by atoms with Crippen LogP contribution in [0.4, 0.5) is 4.39 Å². The molecule has 3 rings (SSSR count). The molecule has 0 bridgehead atoms. The van der Waals surface area contributed by atoms with Crippen LogP contribution < -0.4 is 5.32 Å². The van der Waals surface area contributed by atoms with Crippen LogP contribution in [0.3, 0.4) is 0 Å². The van der Waals surface area contributed by atoms with E-state index in [-0.39, 0.29) is 17.3 Å². The minimum atomic E-state index is -0.759. The summed E-state index contributed by atoms with van der Waals surface area (Å²) in [4.78, 5) is 24.3. The molecule has 1 aromatic heterocycles. The van der Waals surface area contributed by atoms with Crippen LogP contribution in [0.25, 0.3) is 5.69 Å². The van der Waals surface area contributed by atoms with E-state index in [0.717, 1.165) is 0 Å². The average molecular weight is 402 g/mol. The number of halogens is 2. The Morgan fingerprint density at radius 2 is 1.82 bits per heavy atom. The van der Waals surface area contributed by atoms with Gasteiger partial charge in [-0.05, 0) is 25.1 Å². The first-order valence-electron chi connectivity index (χ1n) is 8.45. The number of ether oxygens (including phenoxy) is 1. The van der Waals surface area contributed by atoms with Crippen LogP contribution in [-0.2, 0) is 16.1 Å². The first kappa shape index (κ1) is 19.6. The number of nitrogens with zero attached hydrogens (tertiary/aromatic N) is 2. The third-order valence-corrected chi connectivity index (χ3v) is 4.33. The maximum absolute atomic E-state index is 13.5. The van der Waals surface area contributed by atoms with Gasteiger partial charge in [0.1, 0.15) is 16.5 Å². The first-order chi connectivity index (χ1) is 13.5. The number of amides is 1. The molecule has 1 amide bonds. The maximum atomic E-state index is 13.5. The van der Waals surface area contributed by atoms with Crippen molar-refractivity contribution in [2.75, 3.05) is 6.61 Å². The van der Waals surface area contributed by atoms with Crippen molar-refractivity contribution >= 4 is 23.5 Å². The quantitative estimate of drug-likeness (QED) is 0.642. The lowest BCUT2D eigenvalue weighted by molar-refractivity contribution is -0.124. The van der Waals surface area contributed by atoms with Crippen LogP contribution >= 0.6 is 11.6 Å². The number of esters is 1. The largest absolute Gasteiger partial charge is 0.452 e. The number of hydrogen-bond acceptors (Lipinski definition) is 4. The number of hydrogen-bond donors (Lipinski definition) is 1. The second-order valence-electron chi connectivity index (χ2n) is 5.94. The molecule has 0 fully saturated rings. The van der Waals surface area contributed by atoms with Crippen molar-refractivity contribution in [2.45, 2.75) is 13.5 Å². The zero-order valence-electron chi connectivity index (χ0n) is 15.0. The number of carbonyl (C=O) groups excluding carboxylic acids is 2. The molecule has 8 heteroatoms. The smallest absolute Gasteiger partial charge is 0.343 e. The highest BCUT2D eigenvalue weighted by Gasteiger charge is 2.23.